The maximum atomic E-state index is 11.5. The molecule has 7 heteroatoms. The number of quaternary nitrogens is 1. The molecule has 0 spiro atoms. The molecule has 4 N–H and O–H groups in total. The Bertz CT molecular complexity index is 399. The van der Waals surface area contributed by atoms with E-state index in [0.29, 0.717) is 23.3 Å². The molecule has 0 aromatic heterocycles. The predicted octanol–water partition coefficient (Wildman–Crippen LogP) is -1.77. The van der Waals surface area contributed by atoms with E-state index in [1.807, 2.05) is 19.2 Å². The van der Waals surface area contributed by atoms with E-state index in [2.05, 4.69) is 5.32 Å². The molecule has 0 radical (unpaired) electrons. The average molecular weight is 323 g/mol. The molecule has 0 aliphatic carbocycles. The quantitative estimate of drug-likeness (QED) is 0.580. The van der Waals surface area contributed by atoms with Gasteiger partial charge in [-0.2, -0.15) is 0 Å². The van der Waals surface area contributed by atoms with E-state index >= 15 is 0 Å². The van der Waals surface area contributed by atoms with Gasteiger partial charge in [0.25, 0.3) is 0 Å². The van der Waals surface area contributed by atoms with E-state index in [1.165, 1.54) is 0 Å². The summed E-state index contributed by atoms with van der Waals surface area (Å²) in [7, 11) is 0. The summed E-state index contributed by atoms with van der Waals surface area (Å²) in [5.41, 5.74) is 0.595. The van der Waals surface area contributed by atoms with Gasteiger partial charge in [0.2, 0.25) is 0 Å². The molecule has 0 fully saturated rings. The van der Waals surface area contributed by atoms with Crippen LogP contribution in [0.4, 0.5) is 10.5 Å². The van der Waals surface area contributed by atoms with Crippen molar-refractivity contribution in [1.29, 1.82) is 0 Å². The van der Waals surface area contributed by atoms with Gasteiger partial charge in [0, 0.05) is 10.7 Å². The molecule has 1 amide bonds. The topological polar surface area (TPSA) is 75.2 Å². The molecule has 0 saturated carbocycles. The van der Waals surface area contributed by atoms with E-state index in [1.54, 1.807) is 24.3 Å². The second-order valence-corrected chi connectivity index (χ2v) is 5.04. The third-order valence-corrected chi connectivity index (χ3v) is 2.63. The number of nitrogens with two attached hydrogens (primary N) is 1. The number of amides is 1. The SMILES string of the molecule is CC(C)[NH2+]CC(O)COC(=O)Nc1ccc(Cl)cc1.[Cl-]. The molecule has 1 unspecified atom stereocenters. The van der Waals surface area contributed by atoms with Gasteiger partial charge in [-0.05, 0) is 38.1 Å². The van der Waals surface area contributed by atoms with E-state index in [9.17, 15) is 9.90 Å². The largest absolute Gasteiger partial charge is 1.00 e. The van der Waals surface area contributed by atoms with Gasteiger partial charge in [0.1, 0.15) is 19.3 Å². The van der Waals surface area contributed by atoms with Crippen LogP contribution >= 0.6 is 11.6 Å². The van der Waals surface area contributed by atoms with Crippen LogP contribution in [0.3, 0.4) is 0 Å². The molecular formula is C13H20Cl2N2O3. The molecule has 1 aromatic carbocycles. The molecular weight excluding hydrogens is 303 g/mol. The third-order valence-electron chi connectivity index (χ3n) is 2.38. The molecule has 1 rings (SSSR count). The maximum absolute atomic E-state index is 11.5. The maximum Gasteiger partial charge on any atom is 0.411 e. The molecule has 0 aliphatic heterocycles. The lowest BCUT2D eigenvalue weighted by Crippen LogP contribution is -3.00. The minimum Gasteiger partial charge on any atom is -1.00 e. The third kappa shape index (κ3) is 8.22. The highest BCUT2D eigenvalue weighted by Crippen LogP contribution is 2.13. The Balaban J connectivity index is 0.00000361. The summed E-state index contributed by atoms with van der Waals surface area (Å²) in [4.78, 5) is 11.5. The zero-order valence-corrected chi connectivity index (χ0v) is 13.0. The highest BCUT2D eigenvalue weighted by molar-refractivity contribution is 6.30. The van der Waals surface area contributed by atoms with Crippen molar-refractivity contribution in [3.63, 3.8) is 0 Å². The first-order chi connectivity index (χ1) is 8.97. The number of rotatable bonds is 6. The Morgan fingerprint density at radius 3 is 2.55 bits per heavy atom. The smallest absolute Gasteiger partial charge is 0.411 e. The number of nitrogens with one attached hydrogen (secondary N) is 1. The molecule has 5 nitrogen and oxygen atoms in total. The first-order valence-corrected chi connectivity index (χ1v) is 6.56. The zero-order valence-electron chi connectivity index (χ0n) is 11.5. The van der Waals surface area contributed by atoms with Crippen molar-refractivity contribution >= 4 is 23.4 Å². The van der Waals surface area contributed by atoms with Crippen LogP contribution in [-0.4, -0.2) is 36.5 Å². The van der Waals surface area contributed by atoms with E-state index in [0.717, 1.165) is 0 Å². The molecule has 0 saturated heterocycles. The van der Waals surface area contributed by atoms with Gasteiger partial charge >= 0.3 is 6.09 Å². The first kappa shape index (κ1) is 19.0. The molecule has 1 atom stereocenters. The van der Waals surface area contributed by atoms with E-state index in [-0.39, 0.29) is 19.0 Å². The summed E-state index contributed by atoms with van der Waals surface area (Å²) in [5, 5.41) is 14.7. The number of carbonyl (C=O) groups is 1. The summed E-state index contributed by atoms with van der Waals surface area (Å²) in [6, 6.07) is 7.09. The van der Waals surface area contributed by atoms with Crippen molar-refractivity contribution in [2.45, 2.75) is 26.0 Å². The van der Waals surface area contributed by atoms with Gasteiger partial charge < -0.3 is 27.6 Å². The number of aliphatic hydroxyl groups excluding tert-OH is 1. The Labute approximate surface area is 130 Å². The molecule has 20 heavy (non-hydrogen) atoms. The fraction of sp³-hybridized carbons (Fsp3) is 0.462. The number of carbonyl (C=O) groups excluding carboxylic acids is 1. The van der Waals surface area contributed by atoms with Gasteiger partial charge in [-0.25, -0.2) is 4.79 Å². The van der Waals surface area contributed by atoms with E-state index < -0.39 is 12.2 Å². The molecule has 1 aromatic rings. The second-order valence-electron chi connectivity index (χ2n) is 4.60. The molecule has 114 valence electrons. The lowest BCUT2D eigenvalue weighted by molar-refractivity contribution is -0.688. The van der Waals surface area contributed by atoms with Gasteiger partial charge in [-0.3, -0.25) is 5.32 Å². The van der Waals surface area contributed by atoms with Crippen LogP contribution in [0.15, 0.2) is 24.3 Å². The van der Waals surface area contributed by atoms with Gasteiger partial charge in [-0.1, -0.05) is 11.6 Å². The fourth-order valence-corrected chi connectivity index (χ4v) is 1.48. The van der Waals surface area contributed by atoms with Crippen molar-refractivity contribution < 1.29 is 32.4 Å². The minimum atomic E-state index is -0.668. The van der Waals surface area contributed by atoms with Crippen LogP contribution in [0.5, 0.6) is 0 Å². The summed E-state index contributed by atoms with van der Waals surface area (Å²) in [5.74, 6) is 0. The van der Waals surface area contributed by atoms with Crippen LogP contribution in [0, 0.1) is 0 Å². The van der Waals surface area contributed by atoms with Crippen molar-refractivity contribution in [1.82, 2.24) is 0 Å². The van der Waals surface area contributed by atoms with Crippen molar-refractivity contribution in [2.24, 2.45) is 0 Å². The summed E-state index contributed by atoms with van der Waals surface area (Å²) < 4.78 is 4.92. The first-order valence-electron chi connectivity index (χ1n) is 6.18. The number of hydrogen-bond donors (Lipinski definition) is 3. The molecule has 0 bridgehead atoms. The van der Waals surface area contributed by atoms with Crippen LogP contribution in [0.25, 0.3) is 0 Å². The van der Waals surface area contributed by atoms with Crippen LogP contribution < -0.4 is 23.0 Å². The van der Waals surface area contributed by atoms with Gasteiger partial charge in [0.05, 0.1) is 6.04 Å². The van der Waals surface area contributed by atoms with E-state index in [4.69, 9.17) is 16.3 Å². The molecule has 0 aliphatic rings. The van der Waals surface area contributed by atoms with Crippen LogP contribution in [0.1, 0.15) is 13.8 Å². The van der Waals surface area contributed by atoms with Crippen molar-refractivity contribution in [3.05, 3.63) is 29.3 Å². The summed E-state index contributed by atoms with van der Waals surface area (Å²) in [6.45, 7) is 4.54. The van der Waals surface area contributed by atoms with Gasteiger partial charge in [0.15, 0.2) is 0 Å². The zero-order chi connectivity index (χ0) is 14.3. The monoisotopic (exact) mass is 322 g/mol. The summed E-state index contributed by atoms with van der Waals surface area (Å²) in [6.07, 6.45) is -1.26. The molecule has 0 heterocycles. The normalized spacial score (nSPS) is 11.7. The minimum absolute atomic E-state index is 0. The number of anilines is 1. The lowest BCUT2D eigenvalue weighted by atomic mass is 10.3. The van der Waals surface area contributed by atoms with Gasteiger partial charge in [-0.15, -0.1) is 0 Å². The van der Waals surface area contributed by atoms with Crippen LogP contribution in [0.2, 0.25) is 5.02 Å². The lowest BCUT2D eigenvalue weighted by Gasteiger charge is -2.12. The highest BCUT2D eigenvalue weighted by Gasteiger charge is 2.11. The second kappa shape index (κ2) is 9.83. The fourth-order valence-electron chi connectivity index (χ4n) is 1.36. The number of benzene rings is 1. The predicted molar refractivity (Wildman–Crippen MR) is 74.4 cm³/mol. The number of hydrogen-bond acceptors (Lipinski definition) is 3. The number of halogens is 2. The number of aliphatic hydroxyl groups is 1. The van der Waals surface area contributed by atoms with Crippen molar-refractivity contribution in [2.75, 3.05) is 18.5 Å². The Hall–Kier alpha value is -1.01. The standard InChI is InChI=1S/C13H19ClN2O3.ClH/c1-9(2)15-7-12(17)8-19-13(18)16-11-5-3-10(14)4-6-11;/h3-6,9,12,15,17H,7-8H2,1-2H3,(H,16,18);1H. The summed E-state index contributed by atoms with van der Waals surface area (Å²) >= 11 is 5.73. The van der Waals surface area contributed by atoms with Crippen molar-refractivity contribution in [3.8, 4) is 0 Å². The highest BCUT2D eigenvalue weighted by atomic mass is 35.5. The Morgan fingerprint density at radius 2 is 2.00 bits per heavy atom. The Kier molecular flexibility index (Phi) is 9.33. The average Bonchev–Trinajstić information content (AvgIpc) is 2.36. The Morgan fingerprint density at radius 1 is 1.40 bits per heavy atom. The number of ether oxygens (including phenoxy) is 1. The van der Waals surface area contributed by atoms with Crippen LogP contribution in [-0.2, 0) is 4.74 Å².